The number of aromatic nitrogens is 3. The third kappa shape index (κ3) is 6.60. The van der Waals surface area contributed by atoms with Crippen molar-refractivity contribution in [3.8, 4) is 56.4 Å². The van der Waals surface area contributed by atoms with Crippen LogP contribution in [0.3, 0.4) is 0 Å². The van der Waals surface area contributed by atoms with E-state index in [-0.39, 0.29) is 42.1 Å². The molecule has 0 atom stereocenters. The van der Waals surface area contributed by atoms with Gasteiger partial charge in [-0.15, -0.1) is 0 Å². The molecule has 66 heavy (non-hydrogen) atoms. The summed E-state index contributed by atoms with van der Waals surface area (Å²) in [5.41, 5.74) is 13.4. The number of para-hydroxylation sites is 6. The Morgan fingerprint density at radius 3 is 1.91 bits per heavy atom. The molecule has 2 aliphatic rings. The summed E-state index contributed by atoms with van der Waals surface area (Å²) < 4.78 is 55.9. The topological polar surface area (TPSA) is 38.5 Å². The number of nitrogens with zero attached hydrogens (tertiary/aromatic N) is 5. The molecule has 8 heteroatoms. The van der Waals surface area contributed by atoms with Gasteiger partial charge in [-0.25, -0.2) is 0 Å². The summed E-state index contributed by atoms with van der Waals surface area (Å²) in [6, 6.07) is 60.2. The van der Waals surface area contributed by atoms with Crippen molar-refractivity contribution in [2.24, 2.45) is 0 Å². The summed E-state index contributed by atoms with van der Waals surface area (Å²) in [7, 11) is 0. The van der Waals surface area contributed by atoms with Crippen LogP contribution in [-0.4, -0.2) is 21.1 Å². The first-order valence-corrected chi connectivity index (χ1v) is 23.1. The van der Waals surface area contributed by atoms with Crippen LogP contribution in [0.2, 0.25) is 0 Å². The summed E-state index contributed by atoms with van der Waals surface area (Å²) >= 11 is 2.34. The Morgan fingerprint density at radius 1 is 0.545 bits per heavy atom. The Hall–Kier alpha value is -7.47. The number of hydrogen-bond acceptors (Lipinski definition) is 4. The number of pyridine rings is 1. The van der Waals surface area contributed by atoms with Crippen molar-refractivity contribution in [3.63, 3.8) is 0 Å². The van der Waals surface area contributed by atoms with Gasteiger partial charge >= 0.3 is 322 Å². The van der Waals surface area contributed by atoms with Crippen LogP contribution < -0.4 is 19.8 Å². The molecule has 0 amide bonds. The van der Waals surface area contributed by atoms with Crippen molar-refractivity contribution in [1.82, 2.24) is 14.1 Å². The zero-order valence-electron chi connectivity index (χ0n) is 41.4. The Morgan fingerprint density at radius 2 is 1.15 bits per heavy atom. The van der Waals surface area contributed by atoms with Crippen LogP contribution in [0.25, 0.3) is 55.8 Å². The Kier molecular flexibility index (Phi) is 8.40. The van der Waals surface area contributed by atoms with Gasteiger partial charge in [-0.1, -0.05) is 54.6 Å². The summed E-state index contributed by atoms with van der Waals surface area (Å²) in [5, 5.41) is 0. The molecule has 0 N–H and O–H groups in total. The van der Waals surface area contributed by atoms with Gasteiger partial charge in [-0.05, 0) is 17.7 Å². The van der Waals surface area contributed by atoms with Crippen molar-refractivity contribution in [3.05, 3.63) is 222 Å². The van der Waals surface area contributed by atoms with Crippen molar-refractivity contribution in [2.75, 3.05) is 9.62 Å². The van der Waals surface area contributed by atoms with E-state index in [2.05, 4.69) is 144 Å². The van der Waals surface area contributed by atoms with E-state index >= 15 is 0 Å². The summed E-state index contributed by atoms with van der Waals surface area (Å²) in [5.74, 6) is 1.83. The first-order valence-electron chi connectivity index (χ1n) is 24.5. The number of rotatable bonds is 7. The Labute approximate surface area is 403 Å². The molecule has 2 aliphatic heterocycles. The van der Waals surface area contributed by atoms with E-state index in [0.29, 0.717) is 22.9 Å². The predicted molar refractivity (Wildman–Crippen MR) is 268 cm³/mol. The first kappa shape index (κ1) is 34.9. The minimum atomic E-state index is -0.434. The molecule has 0 aliphatic carbocycles. The van der Waals surface area contributed by atoms with Gasteiger partial charge in [0.1, 0.15) is 0 Å². The number of hydrogen-bond donors (Lipinski definition) is 0. The van der Waals surface area contributed by atoms with Gasteiger partial charge in [-0.3, -0.25) is 0 Å². The Balaban J connectivity index is 1.01. The van der Waals surface area contributed by atoms with Gasteiger partial charge in [0.25, 0.3) is 0 Å². The second-order valence-corrected chi connectivity index (χ2v) is 18.6. The zero-order chi connectivity index (χ0) is 48.9. The molecule has 320 valence electrons. The maximum absolute atomic E-state index is 9.10. The van der Waals surface area contributed by atoms with Crippen LogP contribution >= 0.6 is 0 Å². The molecule has 12 rings (SSSR count). The molecule has 0 bridgehead atoms. The average Bonchev–Trinajstić information content (AvgIpc) is 3.90. The molecule has 2 aromatic heterocycles. The normalized spacial score (nSPS) is 13.8. The average molecular weight is 1040 g/mol. The molecule has 4 heterocycles. The number of anilines is 4. The van der Waals surface area contributed by atoms with E-state index in [4.69, 9.17) is 16.6 Å². The van der Waals surface area contributed by atoms with Crippen LogP contribution in [0.4, 0.5) is 22.9 Å². The van der Waals surface area contributed by atoms with E-state index in [1.54, 1.807) is 0 Å². The fourth-order valence-corrected chi connectivity index (χ4v) is 10.7. The molecule has 0 saturated carbocycles. The molecule has 0 spiro atoms. The van der Waals surface area contributed by atoms with Crippen LogP contribution in [0.1, 0.15) is 33.2 Å². The second-order valence-electron chi connectivity index (χ2n) is 17.6. The van der Waals surface area contributed by atoms with E-state index in [0.717, 1.165) is 60.1 Å². The predicted octanol–water partition coefficient (Wildman–Crippen LogP) is 14.0. The molecule has 0 saturated heterocycles. The van der Waals surface area contributed by atoms with Gasteiger partial charge in [0.05, 0.1) is 0 Å². The third-order valence-electron chi connectivity index (χ3n) is 12.6. The Bertz CT molecular complexity index is 3840. The number of benzene rings is 8. The monoisotopic (exact) mass is 1040 g/mol. The molecule has 0 fully saturated rings. The zero-order valence-corrected chi connectivity index (χ0v) is 38.6. The van der Waals surface area contributed by atoms with Crippen molar-refractivity contribution < 1.29 is 30.9 Å². The minimum absolute atomic E-state index is 0.131. The van der Waals surface area contributed by atoms with Crippen LogP contribution in [-0.2, 0) is 24.8 Å². The van der Waals surface area contributed by atoms with E-state index in [9.17, 15) is 0 Å². The van der Waals surface area contributed by atoms with Crippen LogP contribution in [0, 0.1) is 3.80 Å². The molecule has 0 radical (unpaired) electrons. The maximum atomic E-state index is 9.10. The van der Waals surface area contributed by atoms with Crippen molar-refractivity contribution >= 4 is 46.4 Å². The number of fused-ring (bicyclic) bond motifs is 9. The fourth-order valence-electron chi connectivity index (χ4n) is 9.62. The van der Waals surface area contributed by atoms with E-state index in [1.165, 1.54) is 16.6 Å². The quantitative estimate of drug-likeness (QED) is 0.149. The van der Waals surface area contributed by atoms with E-state index in [1.807, 2.05) is 97.1 Å². The second kappa shape index (κ2) is 15.9. The van der Waals surface area contributed by atoms with E-state index < -0.39 is 6.04 Å². The molecular weight excluding hydrogens is 989 g/mol. The van der Waals surface area contributed by atoms with Crippen molar-refractivity contribution in [2.45, 2.75) is 26.2 Å². The third-order valence-corrected chi connectivity index (χ3v) is 13.6. The first-order chi connectivity index (χ1) is 34.4. The molecule has 10 aromatic rings. The molecular formula is C58H44BN5OPt. The number of imidazole rings is 1. The van der Waals surface area contributed by atoms with Crippen LogP contribution in [0.15, 0.2) is 212 Å². The fraction of sp³-hybridized carbons (Fsp3) is 0.0690. The standard InChI is InChI=1S/C58H44BN5O.Pt/c1-58(2,3)42-36-55(64-54-35-17-16-34-53(54)63-50-31-13-11-27-48(50)47-26-10-12-30-49(47)59(63)64)60-56(37-42)65-44-25-18-24-43(38-44)61-39-62(52-33-15-14-32-51(52)61)57-45(40-20-6-4-7-21-40)28-19-29-46(57)41-22-8-5-9-23-41;/h4-38H,1-3H3;/i4D,6D,7D,20D,21D;. The summed E-state index contributed by atoms with van der Waals surface area (Å²) in [4.78, 5) is 10.1. The van der Waals surface area contributed by atoms with Gasteiger partial charge in [-0.2, -0.15) is 0 Å². The molecule has 6 nitrogen and oxygen atoms in total. The summed E-state index contributed by atoms with van der Waals surface area (Å²) in [6.45, 7) is 6.43. The molecule has 0 unspecified atom stereocenters. The van der Waals surface area contributed by atoms with Gasteiger partial charge < -0.3 is 0 Å². The van der Waals surface area contributed by atoms with Crippen LogP contribution in [0.5, 0.6) is 11.6 Å². The SMILES string of the molecule is [2H]c1c([2H])c([2H])c(-c2cccc(-c3ccccc3)c2-n2[c](=[Pt])n(-c3cccc(Oc4cc(C(C)(C)C)cc(N5B6c7ccccc7-c7ccccc7N6c6ccccc65)n4)c3)c3ccccc32)c([2H])c1[2H]. The summed E-state index contributed by atoms with van der Waals surface area (Å²) in [6.07, 6.45) is 0. The van der Waals surface area contributed by atoms with Gasteiger partial charge in [0.15, 0.2) is 0 Å². The van der Waals surface area contributed by atoms with Gasteiger partial charge in [0.2, 0.25) is 0 Å². The molecule has 8 aromatic carbocycles. The number of ether oxygens (including phenoxy) is 1. The van der Waals surface area contributed by atoms with Crippen molar-refractivity contribution in [1.29, 1.82) is 0 Å². The van der Waals surface area contributed by atoms with Gasteiger partial charge in [0, 0.05) is 11.3 Å².